The van der Waals surface area contributed by atoms with Gasteiger partial charge in [-0.25, -0.2) is 0 Å². The van der Waals surface area contributed by atoms with E-state index in [0.717, 1.165) is 24.8 Å². The number of rotatable bonds is 5. The monoisotopic (exact) mass is 377 g/mol. The number of H-pyrrole nitrogens is 1. The van der Waals surface area contributed by atoms with Crippen LogP contribution in [0, 0.1) is 0 Å². The van der Waals surface area contributed by atoms with Crippen molar-refractivity contribution >= 4 is 17.7 Å². The Morgan fingerprint density at radius 2 is 2.00 bits per heavy atom. The van der Waals surface area contributed by atoms with E-state index in [1.165, 1.54) is 4.90 Å². The molecule has 1 atom stereocenters. The molecule has 3 heterocycles. The summed E-state index contributed by atoms with van der Waals surface area (Å²) in [5, 5.41) is 9.44. The lowest BCUT2D eigenvalue weighted by atomic mass is 10.1. The molecule has 0 bridgehead atoms. The van der Waals surface area contributed by atoms with E-state index < -0.39 is 17.9 Å². The molecule has 2 aliphatic rings. The Kier molecular flexibility index (Phi) is 6.80. The Bertz CT molecular complexity index is 642. The van der Waals surface area contributed by atoms with E-state index >= 15 is 0 Å². The van der Waals surface area contributed by atoms with E-state index in [0.29, 0.717) is 39.2 Å². The predicted octanol–water partition coefficient (Wildman–Crippen LogP) is -0.302. The summed E-state index contributed by atoms with van der Waals surface area (Å²) in [5.41, 5.74) is 1.01. The zero-order valence-corrected chi connectivity index (χ0v) is 15.5. The van der Waals surface area contributed by atoms with E-state index in [1.54, 1.807) is 17.3 Å². The lowest BCUT2D eigenvalue weighted by molar-refractivity contribution is -0.158. The molecular formula is C18H27N5O4. The van der Waals surface area contributed by atoms with Crippen molar-refractivity contribution in [1.82, 2.24) is 25.3 Å². The molecule has 0 unspecified atom stereocenters. The summed E-state index contributed by atoms with van der Waals surface area (Å²) in [6.45, 7) is 2.76. The lowest BCUT2D eigenvalue weighted by Gasteiger charge is -2.36. The third-order valence-electron chi connectivity index (χ3n) is 5.03. The first-order chi connectivity index (χ1) is 13.1. The number of hydrogen-bond donors (Lipinski definition) is 2. The smallest absolute Gasteiger partial charge is 0.312 e. The molecule has 3 amide bonds. The SMILES string of the molecule is O=C(C[C@@H]1COCCN1C(=O)C(=O)N1CCCCC1)NCCc1cn[nH]c1. The van der Waals surface area contributed by atoms with E-state index in [4.69, 9.17) is 4.74 Å². The van der Waals surface area contributed by atoms with Crippen molar-refractivity contribution in [2.75, 3.05) is 39.4 Å². The fourth-order valence-corrected chi connectivity index (χ4v) is 3.49. The van der Waals surface area contributed by atoms with Gasteiger partial charge in [-0.2, -0.15) is 5.10 Å². The van der Waals surface area contributed by atoms with Gasteiger partial charge in [0, 0.05) is 38.8 Å². The number of aromatic amines is 1. The molecule has 2 fully saturated rings. The maximum atomic E-state index is 12.7. The highest BCUT2D eigenvalue weighted by molar-refractivity contribution is 6.35. The zero-order chi connectivity index (χ0) is 19.1. The van der Waals surface area contributed by atoms with E-state index in [2.05, 4.69) is 15.5 Å². The fraction of sp³-hybridized carbons (Fsp3) is 0.667. The molecule has 0 aliphatic carbocycles. The topological polar surface area (TPSA) is 108 Å². The number of amides is 3. The molecule has 0 spiro atoms. The van der Waals surface area contributed by atoms with Crippen LogP contribution in [0.1, 0.15) is 31.2 Å². The summed E-state index contributed by atoms with van der Waals surface area (Å²) >= 11 is 0. The van der Waals surface area contributed by atoms with Gasteiger partial charge in [-0.05, 0) is 31.2 Å². The maximum Gasteiger partial charge on any atom is 0.312 e. The number of nitrogens with one attached hydrogen (secondary N) is 2. The van der Waals surface area contributed by atoms with Crippen LogP contribution in [0.3, 0.4) is 0 Å². The summed E-state index contributed by atoms with van der Waals surface area (Å²) in [6.07, 6.45) is 7.28. The second kappa shape index (κ2) is 9.50. The number of hydrogen-bond acceptors (Lipinski definition) is 5. The van der Waals surface area contributed by atoms with Gasteiger partial charge in [-0.3, -0.25) is 19.5 Å². The normalized spacial score (nSPS) is 20.4. The van der Waals surface area contributed by atoms with Crippen LogP contribution in [0.15, 0.2) is 12.4 Å². The highest BCUT2D eigenvalue weighted by Gasteiger charge is 2.35. The Morgan fingerprint density at radius 1 is 1.19 bits per heavy atom. The van der Waals surface area contributed by atoms with Crippen molar-refractivity contribution in [2.24, 2.45) is 0 Å². The summed E-state index contributed by atoms with van der Waals surface area (Å²) < 4.78 is 5.44. The molecule has 9 heteroatoms. The van der Waals surface area contributed by atoms with Crippen molar-refractivity contribution in [3.63, 3.8) is 0 Å². The molecule has 2 aliphatic heterocycles. The van der Waals surface area contributed by atoms with Crippen LogP contribution in [-0.4, -0.2) is 83.2 Å². The van der Waals surface area contributed by atoms with Gasteiger partial charge in [-0.15, -0.1) is 0 Å². The fourth-order valence-electron chi connectivity index (χ4n) is 3.49. The molecule has 0 saturated carbocycles. The predicted molar refractivity (Wildman–Crippen MR) is 96.7 cm³/mol. The number of ether oxygens (including phenoxy) is 1. The molecule has 1 aromatic heterocycles. The van der Waals surface area contributed by atoms with Crippen LogP contribution in [0.2, 0.25) is 0 Å². The summed E-state index contributed by atoms with van der Waals surface area (Å²) in [7, 11) is 0. The summed E-state index contributed by atoms with van der Waals surface area (Å²) in [6, 6.07) is -0.408. The Hall–Kier alpha value is -2.42. The number of carbonyl (C=O) groups excluding carboxylic acids is 3. The van der Waals surface area contributed by atoms with Gasteiger partial charge in [0.1, 0.15) is 0 Å². The molecule has 148 valence electrons. The molecule has 2 N–H and O–H groups in total. The summed E-state index contributed by atoms with van der Waals surface area (Å²) in [4.78, 5) is 40.6. The van der Waals surface area contributed by atoms with Crippen molar-refractivity contribution in [3.05, 3.63) is 18.0 Å². The van der Waals surface area contributed by atoms with Crippen molar-refractivity contribution in [1.29, 1.82) is 0 Å². The average Bonchev–Trinajstić information content (AvgIpc) is 3.21. The molecule has 0 radical (unpaired) electrons. The number of morpholine rings is 1. The van der Waals surface area contributed by atoms with Gasteiger partial charge < -0.3 is 19.9 Å². The Balaban J connectivity index is 1.50. The Morgan fingerprint density at radius 3 is 2.74 bits per heavy atom. The molecule has 9 nitrogen and oxygen atoms in total. The minimum atomic E-state index is -0.517. The number of piperidine rings is 1. The van der Waals surface area contributed by atoms with Crippen LogP contribution in [0.4, 0.5) is 0 Å². The van der Waals surface area contributed by atoms with Crippen LogP contribution in [0.25, 0.3) is 0 Å². The molecule has 2 saturated heterocycles. The van der Waals surface area contributed by atoms with Crippen molar-refractivity contribution in [3.8, 4) is 0 Å². The second-order valence-electron chi connectivity index (χ2n) is 6.99. The largest absolute Gasteiger partial charge is 0.377 e. The number of aromatic nitrogens is 2. The van der Waals surface area contributed by atoms with Gasteiger partial charge in [0.25, 0.3) is 0 Å². The Labute approximate surface area is 158 Å². The van der Waals surface area contributed by atoms with Gasteiger partial charge >= 0.3 is 11.8 Å². The van der Waals surface area contributed by atoms with Crippen molar-refractivity contribution in [2.45, 2.75) is 38.1 Å². The quantitative estimate of drug-likeness (QED) is 0.685. The van der Waals surface area contributed by atoms with Gasteiger partial charge in [0.05, 0.1) is 25.5 Å². The highest BCUT2D eigenvalue weighted by Crippen LogP contribution is 2.15. The first kappa shape index (κ1) is 19.3. The average molecular weight is 377 g/mol. The van der Waals surface area contributed by atoms with Crippen LogP contribution >= 0.6 is 0 Å². The first-order valence-electron chi connectivity index (χ1n) is 9.57. The number of carbonyl (C=O) groups is 3. The molecule has 0 aromatic carbocycles. The van der Waals surface area contributed by atoms with Crippen molar-refractivity contribution < 1.29 is 19.1 Å². The second-order valence-corrected chi connectivity index (χ2v) is 6.99. The first-order valence-corrected chi connectivity index (χ1v) is 9.57. The molecule has 3 rings (SSSR count). The highest BCUT2D eigenvalue weighted by atomic mass is 16.5. The molecule has 1 aromatic rings. The number of nitrogens with zero attached hydrogens (tertiary/aromatic N) is 3. The van der Waals surface area contributed by atoms with Crippen LogP contribution in [-0.2, 0) is 25.5 Å². The third-order valence-corrected chi connectivity index (χ3v) is 5.03. The minimum Gasteiger partial charge on any atom is -0.377 e. The van der Waals surface area contributed by atoms with Gasteiger partial charge in [0.2, 0.25) is 5.91 Å². The zero-order valence-electron chi connectivity index (χ0n) is 15.5. The van der Waals surface area contributed by atoms with E-state index in [9.17, 15) is 14.4 Å². The van der Waals surface area contributed by atoms with Crippen LogP contribution < -0.4 is 5.32 Å². The van der Waals surface area contributed by atoms with Crippen LogP contribution in [0.5, 0.6) is 0 Å². The molecule has 27 heavy (non-hydrogen) atoms. The van der Waals surface area contributed by atoms with E-state index in [1.807, 2.05) is 0 Å². The lowest BCUT2D eigenvalue weighted by Crippen LogP contribution is -2.55. The maximum absolute atomic E-state index is 12.7. The summed E-state index contributed by atoms with van der Waals surface area (Å²) in [5.74, 6) is -1.13. The standard InChI is InChI=1S/C18H27N5O4/c24-16(19-5-4-14-11-20-21-12-14)10-15-13-27-9-8-23(15)18(26)17(25)22-6-2-1-3-7-22/h11-12,15H,1-10,13H2,(H,19,24)(H,20,21)/t15-/m1/s1. The third kappa shape index (κ3) is 5.29. The van der Waals surface area contributed by atoms with E-state index in [-0.39, 0.29) is 18.9 Å². The molecular weight excluding hydrogens is 350 g/mol. The van der Waals surface area contributed by atoms with Gasteiger partial charge in [-0.1, -0.05) is 0 Å². The minimum absolute atomic E-state index is 0.129. The van der Waals surface area contributed by atoms with Gasteiger partial charge in [0.15, 0.2) is 0 Å². The number of likely N-dealkylation sites (tertiary alicyclic amines) is 1.